The third-order valence-corrected chi connectivity index (χ3v) is 8.37. The Labute approximate surface area is 222 Å². The van der Waals surface area contributed by atoms with Gasteiger partial charge in [0.2, 0.25) is 0 Å². The molecule has 1 aliphatic rings. The first kappa shape index (κ1) is 27.3. The number of aliphatic carboxylic acids is 1. The highest BCUT2D eigenvalue weighted by atomic mass is 32.2. The number of hydrogen-bond acceptors (Lipinski definition) is 8. The third kappa shape index (κ3) is 7.87. The van der Waals surface area contributed by atoms with Gasteiger partial charge in [-0.2, -0.15) is 10.2 Å². The molecule has 0 amide bonds. The van der Waals surface area contributed by atoms with Gasteiger partial charge in [0.25, 0.3) is 0 Å². The molecule has 3 atom stereocenters. The second-order valence-electron chi connectivity index (χ2n) is 9.70. The van der Waals surface area contributed by atoms with E-state index in [0.717, 1.165) is 71.8 Å². The molecule has 1 aromatic carbocycles. The molecule has 3 heterocycles. The van der Waals surface area contributed by atoms with Gasteiger partial charge in [0.15, 0.2) is 0 Å². The fraction of sp³-hybridized carbons (Fsp3) is 0.500. The Morgan fingerprint density at radius 2 is 2.08 bits per heavy atom. The Morgan fingerprint density at radius 3 is 2.86 bits per heavy atom. The Balaban J connectivity index is 1.32. The van der Waals surface area contributed by atoms with E-state index >= 15 is 0 Å². The molecule has 1 aliphatic heterocycles. The number of piperidine rings is 1. The summed E-state index contributed by atoms with van der Waals surface area (Å²) in [6.45, 7) is 2.95. The van der Waals surface area contributed by atoms with Crippen molar-refractivity contribution in [3.8, 4) is 5.75 Å². The Morgan fingerprint density at radius 1 is 1.19 bits per heavy atom. The van der Waals surface area contributed by atoms with Crippen LogP contribution in [0.15, 0.2) is 53.8 Å². The Kier molecular flexibility index (Phi) is 10.1. The van der Waals surface area contributed by atoms with Gasteiger partial charge in [0.1, 0.15) is 5.75 Å². The Bertz CT molecular complexity index is 1150. The number of likely N-dealkylation sites (tertiary alicyclic amines) is 1. The molecule has 2 aromatic heterocycles. The monoisotopic (exact) mass is 524 g/mol. The average molecular weight is 525 g/mol. The van der Waals surface area contributed by atoms with Crippen molar-refractivity contribution in [3.05, 3.63) is 54.5 Å². The third-order valence-electron chi connectivity index (χ3n) is 7.30. The van der Waals surface area contributed by atoms with Gasteiger partial charge in [-0.05, 0) is 98.7 Å². The summed E-state index contributed by atoms with van der Waals surface area (Å²) < 4.78 is 5.37. The highest BCUT2D eigenvalue weighted by Gasteiger charge is 2.30. The minimum absolute atomic E-state index is 0.192. The predicted octanol–water partition coefficient (Wildman–Crippen LogP) is 4.83. The van der Waals surface area contributed by atoms with Crippen LogP contribution in [0.3, 0.4) is 0 Å². The molecule has 0 aliphatic carbocycles. The maximum atomic E-state index is 11.3. The molecule has 37 heavy (non-hydrogen) atoms. The zero-order chi connectivity index (χ0) is 26.0. The fourth-order valence-corrected chi connectivity index (χ4v) is 6.10. The highest BCUT2D eigenvalue weighted by molar-refractivity contribution is 7.99. The molecule has 0 spiro atoms. The van der Waals surface area contributed by atoms with Crippen LogP contribution in [0.2, 0.25) is 0 Å². The van der Waals surface area contributed by atoms with E-state index in [1.54, 1.807) is 37.5 Å². The van der Waals surface area contributed by atoms with Crippen LogP contribution in [-0.2, 0) is 4.79 Å². The van der Waals surface area contributed by atoms with Gasteiger partial charge in [-0.1, -0.05) is 0 Å². The van der Waals surface area contributed by atoms with Crippen molar-refractivity contribution in [1.82, 2.24) is 20.1 Å². The first-order valence-electron chi connectivity index (χ1n) is 13.0. The van der Waals surface area contributed by atoms with Crippen molar-refractivity contribution in [2.24, 2.45) is 11.8 Å². The van der Waals surface area contributed by atoms with Gasteiger partial charge in [0, 0.05) is 29.4 Å². The molecular formula is C28H36N4O4S. The van der Waals surface area contributed by atoms with Crippen LogP contribution in [0.1, 0.15) is 50.2 Å². The number of aliphatic hydroxyl groups excluding tert-OH is 1. The first-order chi connectivity index (χ1) is 18.0. The number of carboxylic acids is 1. The van der Waals surface area contributed by atoms with Crippen molar-refractivity contribution in [1.29, 1.82) is 0 Å². The normalized spacial score (nSPS) is 19.1. The summed E-state index contributed by atoms with van der Waals surface area (Å²) in [7, 11) is 1.63. The lowest BCUT2D eigenvalue weighted by Crippen LogP contribution is -2.41. The van der Waals surface area contributed by atoms with Crippen molar-refractivity contribution >= 4 is 28.6 Å². The molecular weight excluding hydrogens is 488 g/mol. The largest absolute Gasteiger partial charge is 0.497 e. The standard InChI is InChI=1S/C28H36N4O4S/c1-36-22-5-6-26-25(17-22)24(10-12-29-26)27(33)7-3-20-11-15-32(19-21(20)4-8-28(34)35)14-2-16-37-23-9-13-30-31-18-23/h5-6,9-10,12-13,17-18,20-21,27,33H,2-4,7-8,11,14-16,19H2,1H3,(H,34,35)/t20-,21-,27-/m1/s1. The number of aliphatic hydroxyl groups is 1. The van der Waals surface area contributed by atoms with Crippen LogP contribution in [0.25, 0.3) is 10.9 Å². The number of fused-ring (bicyclic) bond motifs is 1. The van der Waals surface area contributed by atoms with E-state index in [4.69, 9.17) is 4.74 Å². The number of carbonyl (C=O) groups is 1. The summed E-state index contributed by atoms with van der Waals surface area (Å²) in [6.07, 6.45) is 9.13. The molecule has 2 N–H and O–H groups in total. The molecule has 0 unspecified atom stereocenters. The number of methoxy groups -OCH3 is 1. The van der Waals surface area contributed by atoms with Crippen LogP contribution in [-0.4, -0.2) is 68.8 Å². The Hall–Kier alpha value is -2.75. The molecule has 198 valence electrons. The summed E-state index contributed by atoms with van der Waals surface area (Å²) in [5.41, 5.74) is 1.70. The van der Waals surface area contributed by atoms with Crippen LogP contribution < -0.4 is 4.74 Å². The van der Waals surface area contributed by atoms with E-state index in [2.05, 4.69) is 20.1 Å². The number of carboxylic acid groups (broad SMARTS) is 1. The molecule has 9 heteroatoms. The first-order valence-corrected chi connectivity index (χ1v) is 14.0. The number of aromatic nitrogens is 3. The number of hydrogen-bond donors (Lipinski definition) is 2. The van der Waals surface area contributed by atoms with Crippen LogP contribution in [0, 0.1) is 11.8 Å². The summed E-state index contributed by atoms with van der Waals surface area (Å²) in [6, 6.07) is 9.58. The number of ether oxygens (including phenoxy) is 1. The van der Waals surface area contributed by atoms with Crippen molar-refractivity contribution in [3.63, 3.8) is 0 Å². The van der Waals surface area contributed by atoms with Gasteiger partial charge < -0.3 is 19.8 Å². The van der Waals surface area contributed by atoms with Crippen molar-refractivity contribution in [2.45, 2.75) is 49.5 Å². The minimum atomic E-state index is -0.740. The van der Waals surface area contributed by atoms with E-state index in [9.17, 15) is 15.0 Å². The maximum absolute atomic E-state index is 11.3. The maximum Gasteiger partial charge on any atom is 0.303 e. The average Bonchev–Trinajstić information content (AvgIpc) is 2.93. The van der Waals surface area contributed by atoms with E-state index < -0.39 is 12.1 Å². The number of pyridine rings is 1. The summed E-state index contributed by atoms with van der Waals surface area (Å²) in [5.74, 6) is 1.75. The molecule has 0 bridgehead atoms. The lowest BCUT2D eigenvalue weighted by atomic mass is 9.79. The quantitative estimate of drug-likeness (QED) is 0.240. The zero-order valence-corrected chi connectivity index (χ0v) is 22.1. The second-order valence-corrected chi connectivity index (χ2v) is 10.9. The second kappa shape index (κ2) is 13.7. The number of nitrogens with zero attached hydrogens (tertiary/aromatic N) is 4. The van der Waals surface area contributed by atoms with Gasteiger partial charge >= 0.3 is 5.97 Å². The smallest absolute Gasteiger partial charge is 0.303 e. The van der Waals surface area contributed by atoms with Crippen molar-refractivity contribution in [2.75, 3.05) is 32.5 Å². The van der Waals surface area contributed by atoms with Crippen LogP contribution in [0.4, 0.5) is 0 Å². The van der Waals surface area contributed by atoms with Gasteiger partial charge in [-0.15, -0.1) is 11.8 Å². The van der Waals surface area contributed by atoms with Crippen molar-refractivity contribution < 1.29 is 19.7 Å². The summed E-state index contributed by atoms with van der Waals surface area (Å²) in [5, 5.41) is 29.1. The number of benzene rings is 1. The van der Waals surface area contributed by atoms with Gasteiger partial charge in [-0.25, -0.2) is 0 Å². The number of thioether (sulfide) groups is 1. The lowest BCUT2D eigenvalue weighted by molar-refractivity contribution is -0.137. The van der Waals surface area contributed by atoms with Crippen LogP contribution >= 0.6 is 11.8 Å². The van der Waals surface area contributed by atoms with E-state index in [1.165, 1.54) is 0 Å². The molecule has 3 aromatic rings. The van der Waals surface area contributed by atoms with Gasteiger partial charge in [0.05, 0.1) is 31.1 Å². The van der Waals surface area contributed by atoms with E-state index in [1.807, 2.05) is 30.3 Å². The van der Waals surface area contributed by atoms with Crippen LogP contribution in [0.5, 0.6) is 5.75 Å². The minimum Gasteiger partial charge on any atom is -0.497 e. The molecule has 8 nitrogen and oxygen atoms in total. The number of rotatable bonds is 13. The lowest BCUT2D eigenvalue weighted by Gasteiger charge is -2.39. The van der Waals surface area contributed by atoms with E-state index in [-0.39, 0.29) is 6.42 Å². The topological polar surface area (TPSA) is 109 Å². The molecule has 4 rings (SSSR count). The molecule has 1 fully saturated rings. The van der Waals surface area contributed by atoms with E-state index in [0.29, 0.717) is 24.7 Å². The van der Waals surface area contributed by atoms with Gasteiger partial charge in [-0.3, -0.25) is 9.78 Å². The predicted molar refractivity (Wildman–Crippen MR) is 145 cm³/mol. The molecule has 0 saturated carbocycles. The molecule has 1 saturated heterocycles. The summed E-state index contributed by atoms with van der Waals surface area (Å²) in [4.78, 5) is 19.4. The fourth-order valence-electron chi connectivity index (χ4n) is 5.31. The molecule has 0 radical (unpaired) electrons. The zero-order valence-electron chi connectivity index (χ0n) is 21.3. The summed E-state index contributed by atoms with van der Waals surface area (Å²) >= 11 is 1.79. The highest BCUT2D eigenvalue weighted by Crippen LogP contribution is 2.35. The SMILES string of the molecule is COc1ccc2nccc([C@H](O)CC[C@@H]3CCN(CCCSc4ccnnc4)C[C@H]3CCC(=O)O)c2c1.